The standard InChI is InChI=1S/C21H18F3NO/c1-4-15-19(26)8-9-25(18-7-5-6-12(2)13(18)3)21(15)20-16(23)10-14(22)11-17(20)24/h5-11H,4H2,1-3H3. The van der Waals surface area contributed by atoms with Crippen LogP contribution in [0.3, 0.4) is 0 Å². The highest BCUT2D eigenvalue weighted by Crippen LogP contribution is 2.32. The molecule has 1 aromatic heterocycles. The van der Waals surface area contributed by atoms with E-state index in [4.69, 9.17) is 0 Å². The Labute approximate surface area is 149 Å². The van der Waals surface area contributed by atoms with Gasteiger partial charge in [-0.05, 0) is 37.5 Å². The molecule has 0 fully saturated rings. The van der Waals surface area contributed by atoms with Crippen molar-refractivity contribution < 1.29 is 13.2 Å². The first-order valence-corrected chi connectivity index (χ1v) is 8.31. The third-order valence-electron chi connectivity index (χ3n) is 4.63. The summed E-state index contributed by atoms with van der Waals surface area (Å²) in [6.45, 7) is 5.57. The summed E-state index contributed by atoms with van der Waals surface area (Å²) < 4.78 is 44.0. The summed E-state index contributed by atoms with van der Waals surface area (Å²) in [6.07, 6.45) is 1.79. The van der Waals surface area contributed by atoms with Gasteiger partial charge in [-0.1, -0.05) is 19.1 Å². The third kappa shape index (κ3) is 2.94. The monoisotopic (exact) mass is 357 g/mol. The lowest BCUT2D eigenvalue weighted by Gasteiger charge is -2.20. The minimum Gasteiger partial charge on any atom is -0.316 e. The van der Waals surface area contributed by atoms with Gasteiger partial charge in [0.25, 0.3) is 0 Å². The Morgan fingerprint density at radius 2 is 1.65 bits per heavy atom. The molecule has 3 aromatic rings. The highest BCUT2D eigenvalue weighted by molar-refractivity contribution is 5.68. The fourth-order valence-electron chi connectivity index (χ4n) is 3.16. The van der Waals surface area contributed by atoms with Gasteiger partial charge < -0.3 is 4.57 Å². The average Bonchev–Trinajstić information content (AvgIpc) is 2.57. The van der Waals surface area contributed by atoms with Crippen LogP contribution in [0.2, 0.25) is 0 Å². The smallest absolute Gasteiger partial charge is 0.185 e. The molecule has 2 aromatic carbocycles. The van der Waals surface area contributed by atoms with Crippen LogP contribution in [0.25, 0.3) is 16.9 Å². The normalized spacial score (nSPS) is 11.0. The van der Waals surface area contributed by atoms with Crippen LogP contribution in [-0.4, -0.2) is 4.57 Å². The molecule has 0 saturated heterocycles. The van der Waals surface area contributed by atoms with Gasteiger partial charge in [0.2, 0.25) is 0 Å². The predicted octanol–water partition coefficient (Wildman–Crippen LogP) is 5.10. The van der Waals surface area contributed by atoms with E-state index in [0.29, 0.717) is 17.8 Å². The second kappa shape index (κ2) is 6.83. The number of pyridine rings is 1. The first-order chi connectivity index (χ1) is 12.3. The minimum absolute atomic E-state index is 0.115. The van der Waals surface area contributed by atoms with Gasteiger partial charge in [-0.3, -0.25) is 4.79 Å². The molecule has 0 saturated carbocycles. The van der Waals surface area contributed by atoms with Gasteiger partial charge in [-0.15, -0.1) is 0 Å². The molecular weight excluding hydrogens is 339 g/mol. The van der Waals surface area contributed by atoms with Gasteiger partial charge in [0.1, 0.15) is 17.5 Å². The van der Waals surface area contributed by atoms with Crippen LogP contribution in [0.4, 0.5) is 13.2 Å². The van der Waals surface area contributed by atoms with Gasteiger partial charge in [-0.25, -0.2) is 13.2 Å². The minimum atomic E-state index is -1.04. The second-order valence-electron chi connectivity index (χ2n) is 6.19. The van der Waals surface area contributed by atoms with Gasteiger partial charge in [0.05, 0.1) is 11.3 Å². The maximum Gasteiger partial charge on any atom is 0.185 e. The van der Waals surface area contributed by atoms with Gasteiger partial charge in [0, 0.05) is 35.6 Å². The molecular formula is C21H18F3NO. The molecule has 26 heavy (non-hydrogen) atoms. The van der Waals surface area contributed by atoms with Gasteiger partial charge in [-0.2, -0.15) is 0 Å². The summed E-state index contributed by atoms with van der Waals surface area (Å²) in [6, 6.07) is 8.22. The first kappa shape index (κ1) is 18.0. The molecule has 0 aliphatic carbocycles. The van der Waals surface area contributed by atoms with Gasteiger partial charge in [0.15, 0.2) is 5.43 Å². The number of aryl methyl sites for hydroxylation is 1. The van der Waals surface area contributed by atoms with Gasteiger partial charge >= 0.3 is 0 Å². The summed E-state index contributed by atoms with van der Waals surface area (Å²) in [5, 5.41) is 0. The van der Waals surface area contributed by atoms with E-state index in [0.717, 1.165) is 11.1 Å². The Bertz CT molecular complexity index is 1030. The van der Waals surface area contributed by atoms with Crippen molar-refractivity contribution in [2.75, 3.05) is 0 Å². The van der Waals surface area contributed by atoms with Crippen molar-refractivity contribution in [2.45, 2.75) is 27.2 Å². The van der Waals surface area contributed by atoms with E-state index in [1.54, 1.807) is 11.5 Å². The van der Waals surface area contributed by atoms with Crippen LogP contribution in [0.5, 0.6) is 0 Å². The Morgan fingerprint density at radius 1 is 1.00 bits per heavy atom. The first-order valence-electron chi connectivity index (χ1n) is 8.31. The molecule has 0 radical (unpaired) electrons. The van der Waals surface area contributed by atoms with Crippen LogP contribution in [0.1, 0.15) is 23.6 Å². The summed E-state index contributed by atoms with van der Waals surface area (Å²) in [5.74, 6) is -3.08. The van der Waals surface area contributed by atoms with Crippen molar-refractivity contribution in [1.82, 2.24) is 4.57 Å². The fourth-order valence-corrected chi connectivity index (χ4v) is 3.16. The maximum absolute atomic E-state index is 14.5. The van der Waals surface area contributed by atoms with Crippen molar-refractivity contribution in [3.8, 4) is 16.9 Å². The van der Waals surface area contributed by atoms with Crippen molar-refractivity contribution in [3.05, 3.63) is 87.0 Å². The summed E-state index contributed by atoms with van der Waals surface area (Å²) >= 11 is 0. The second-order valence-corrected chi connectivity index (χ2v) is 6.19. The third-order valence-corrected chi connectivity index (χ3v) is 4.63. The van der Waals surface area contributed by atoms with E-state index < -0.39 is 23.0 Å². The van der Waals surface area contributed by atoms with Crippen molar-refractivity contribution in [1.29, 1.82) is 0 Å². The van der Waals surface area contributed by atoms with Crippen molar-refractivity contribution in [3.63, 3.8) is 0 Å². The van der Waals surface area contributed by atoms with Crippen molar-refractivity contribution >= 4 is 0 Å². The van der Waals surface area contributed by atoms with Crippen LogP contribution in [0, 0.1) is 31.3 Å². The molecule has 1 heterocycles. The topological polar surface area (TPSA) is 22.0 Å². The number of hydrogen-bond acceptors (Lipinski definition) is 1. The largest absolute Gasteiger partial charge is 0.316 e. The predicted molar refractivity (Wildman–Crippen MR) is 96.2 cm³/mol. The lowest BCUT2D eigenvalue weighted by atomic mass is 10.00. The number of rotatable bonds is 3. The Hall–Kier alpha value is -2.82. The molecule has 0 bridgehead atoms. The lowest BCUT2D eigenvalue weighted by molar-refractivity contribution is 0.546. The quantitative estimate of drug-likeness (QED) is 0.639. The van der Waals surface area contributed by atoms with E-state index in [2.05, 4.69) is 0 Å². The fraction of sp³-hybridized carbons (Fsp3) is 0.190. The molecule has 0 unspecified atom stereocenters. The highest BCUT2D eigenvalue weighted by Gasteiger charge is 2.22. The van der Waals surface area contributed by atoms with Crippen LogP contribution >= 0.6 is 0 Å². The summed E-state index contributed by atoms with van der Waals surface area (Å²) in [5.41, 5.74) is 2.31. The van der Waals surface area contributed by atoms with Crippen LogP contribution in [-0.2, 0) is 6.42 Å². The SMILES string of the molecule is CCc1c(-c2c(F)cc(F)cc2F)n(-c2cccc(C)c2C)ccc1=O. The van der Waals surface area contributed by atoms with Crippen molar-refractivity contribution in [2.24, 2.45) is 0 Å². The van der Waals surface area contributed by atoms with E-state index in [1.807, 2.05) is 32.0 Å². The molecule has 0 aliphatic rings. The molecule has 0 N–H and O–H groups in total. The summed E-state index contributed by atoms with van der Waals surface area (Å²) in [7, 11) is 0. The number of hydrogen-bond donors (Lipinski definition) is 0. The molecule has 134 valence electrons. The Balaban J connectivity index is 2.47. The van der Waals surface area contributed by atoms with E-state index in [9.17, 15) is 18.0 Å². The maximum atomic E-state index is 14.5. The molecule has 5 heteroatoms. The zero-order valence-corrected chi connectivity index (χ0v) is 14.7. The van der Waals surface area contributed by atoms with Crippen LogP contribution in [0.15, 0.2) is 47.4 Å². The molecule has 3 rings (SSSR count). The zero-order chi connectivity index (χ0) is 19.0. The Morgan fingerprint density at radius 3 is 2.27 bits per heavy atom. The number of nitrogens with zero attached hydrogens (tertiary/aromatic N) is 1. The molecule has 0 amide bonds. The van der Waals surface area contributed by atoms with E-state index in [1.165, 1.54) is 12.3 Å². The number of halogens is 3. The van der Waals surface area contributed by atoms with Crippen LogP contribution < -0.4 is 5.43 Å². The number of benzene rings is 2. The molecule has 0 atom stereocenters. The zero-order valence-electron chi connectivity index (χ0n) is 14.7. The average molecular weight is 357 g/mol. The highest BCUT2D eigenvalue weighted by atomic mass is 19.1. The summed E-state index contributed by atoms with van der Waals surface area (Å²) in [4.78, 5) is 12.3. The van der Waals surface area contributed by atoms with E-state index in [-0.39, 0.29) is 23.1 Å². The molecule has 0 aliphatic heterocycles. The Kier molecular flexibility index (Phi) is 4.72. The lowest BCUT2D eigenvalue weighted by Crippen LogP contribution is -2.16. The molecule has 2 nitrogen and oxygen atoms in total. The van der Waals surface area contributed by atoms with E-state index >= 15 is 0 Å². The number of aromatic nitrogens is 1. The molecule has 0 spiro atoms.